The van der Waals surface area contributed by atoms with Gasteiger partial charge in [0.25, 0.3) is 5.56 Å². The van der Waals surface area contributed by atoms with Crippen LogP contribution in [-0.2, 0) is 4.74 Å². The van der Waals surface area contributed by atoms with Crippen molar-refractivity contribution in [2.45, 2.75) is 52.9 Å². The zero-order valence-corrected chi connectivity index (χ0v) is 16.7. The van der Waals surface area contributed by atoms with Crippen molar-refractivity contribution in [1.82, 2.24) is 14.3 Å². The number of aliphatic hydroxyl groups excluding tert-OH is 1. The molecule has 1 aliphatic rings. The van der Waals surface area contributed by atoms with E-state index in [9.17, 15) is 18.7 Å². The molecule has 0 aliphatic carbocycles. The molecule has 5 N–H and O–H groups in total. The maximum absolute atomic E-state index is 11.6. The molecule has 0 bridgehead atoms. The summed E-state index contributed by atoms with van der Waals surface area (Å²) in [6, 6.07) is 1.26. The zero-order chi connectivity index (χ0) is 20.0. The normalized spacial score (nSPS) is 19.4. The minimum atomic E-state index is -2.75. The van der Waals surface area contributed by atoms with Crippen LogP contribution in [0.3, 0.4) is 0 Å². The molecule has 1 aromatic heterocycles. The summed E-state index contributed by atoms with van der Waals surface area (Å²) in [6.45, 7) is 8.30. The Bertz CT molecular complexity index is 555. The molecule has 2 rings (SSSR count). The third kappa shape index (κ3) is 10.4. The molecule has 1 aromatic rings. The van der Waals surface area contributed by atoms with Crippen LogP contribution in [0.4, 0.5) is 0 Å². The maximum Gasteiger partial charge on any atom is 0.330 e. The van der Waals surface area contributed by atoms with E-state index in [2.05, 4.69) is 9.71 Å². The lowest BCUT2D eigenvalue weighted by atomic mass is 10.2. The van der Waals surface area contributed by atoms with Crippen LogP contribution in [0.2, 0.25) is 0 Å². The van der Waals surface area contributed by atoms with Crippen molar-refractivity contribution in [3.8, 4) is 0 Å². The molecule has 0 amide bonds. The van der Waals surface area contributed by atoms with E-state index >= 15 is 0 Å². The summed E-state index contributed by atoms with van der Waals surface area (Å²) in [5.74, 6) is 0. The minimum Gasteiger partial charge on any atom is -0.400 e. The second kappa shape index (κ2) is 14.0. The molecule has 0 spiro atoms. The fourth-order valence-corrected chi connectivity index (χ4v) is 2.45. The van der Waals surface area contributed by atoms with Gasteiger partial charge in [-0.25, -0.2) is 9.52 Å². The second-order valence-corrected chi connectivity index (χ2v) is 6.45. The highest BCUT2D eigenvalue weighted by Gasteiger charge is 2.27. The van der Waals surface area contributed by atoms with E-state index in [1.807, 2.05) is 27.7 Å². The third-order valence-corrected chi connectivity index (χ3v) is 3.54. The van der Waals surface area contributed by atoms with E-state index in [1.54, 1.807) is 0 Å². The number of nitrogens with one attached hydrogen (secondary N) is 2. The summed E-state index contributed by atoms with van der Waals surface area (Å²) >= 11 is 0. The highest BCUT2D eigenvalue weighted by atomic mass is 32.3. The molecule has 1 aliphatic heterocycles. The summed E-state index contributed by atoms with van der Waals surface area (Å²) in [6.07, 6.45) is 3.38. The Labute approximate surface area is 150 Å². The van der Waals surface area contributed by atoms with Gasteiger partial charge in [-0.05, 0) is 12.8 Å². The molecular formula is C15H33N3O6S. The largest absolute Gasteiger partial charge is 0.400 e. The molecule has 150 valence electrons. The monoisotopic (exact) mass is 383 g/mol. The topological polar surface area (TPSA) is 137 Å². The molecule has 9 nitrogen and oxygen atoms in total. The molecule has 2 atom stereocenters. The van der Waals surface area contributed by atoms with Crippen molar-refractivity contribution >= 4 is 10.8 Å². The number of hydrogen-bond acceptors (Lipinski definition) is 7. The van der Waals surface area contributed by atoms with Gasteiger partial charge in [0.2, 0.25) is 0 Å². The highest BCUT2D eigenvalue weighted by Crippen LogP contribution is 2.30. The van der Waals surface area contributed by atoms with Crippen LogP contribution in [0.15, 0.2) is 21.9 Å². The second-order valence-electron chi connectivity index (χ2n) is 4.49. The maximum atomic E-state index is 11.6. The van der Waals surface area contributed by atoms with Crippen LogP contribution in [0.1, 0.15) is 46.8 Å². The predicted molar refractivity (Wildman–Crippen MR) is 102 cm³/mol. The molecule has 2 heterocycles. The lowest BCUT2D eigenvalue weighted by Crippen LogP contribution is -2.33. The molecule has 0 aromatic carbocycles. The lowest BCUT2D eigenvalue weighted by Gasteiger charge is -2.29. The molecule has 25 heavy (non-hydrogen) atoms. The standard InChI is InChI=1S/C10H17N3O5S.2C2H6.CH4O/c1-19(16,17)11-6-7-2-3-9(18-7)13-5-4-8(14)12-10(13)15;3*1-2/h4-5,7,9,11,16-17H,2-3,6H2,1H3,(H,12,14,15);2*1-2H3;2H,1H3. The Morgan fingerprint density at radius 1 is 1.24 bits per heavy atom. The summed E-state index contributed by atoms with van der Waals surface area (Å²) in [5.41, 5.74) is -0.955. The van der Waals surface area contributed by atoms with Crippen LogP contribution < -0.4 is 16.0 Å². The first-order valence-electron chi connectivity index (χ1n) is 8.24. The van der Waals surface area contributed by atoms with Gasteiger partial charge in [0.05, 0.1) is 6.10 Å². The van der Waals surface area contributed by atoms with Gasteiger partial charge in [-0.15, -0.1) is 10.8 Å². The number of H-pyrrole nitrogens is 1. The summed E-state index contributed by atoms with van der Waals surface area (Å²) < 4.78 is 28.0. The third-order valence-electron chi connectivity index (χ3n) is 2.83. The fourth-order valence-electron chi connectivity index (χ4n) is 1.95. The first kappa shape index (κ1) is 26.1. The number of aliphatic hydroxyl groups is 1. The van der Waals surface area contributed by atoms with Gasteiger partial charge in [0.1, 0.15) is 6.23 Å². The van der Waals surface area contributed by atoms with Gasteiger partial charge >= 0.3 is 5.69 Å². The summed E-state index contributed by atoms with van der Waals surface area (Å²) in [7, 11) is -1.75. The van der Waals surface area contributed by atoms with Crippen LogP contribution in [0.5, 0.6) is 0 Å². The smallest absolute Gasteiger partial charge is 0.330 e. The Morgan fingerprint density at radius 2 is 1.80 bits per heavy atom. The van der Waals surface area contributed by atoms with Crippen LogP contribution in [0.25, 0.3) is 0 Å². The van der Waals surface area contributed by atoms with Crippen molar-refractivity contribution in [2.75, 3.05) is 19.9 Å². The molecule has 10 heteroatoms. The molecule has 1 saturated heterocycles. The molecule has 0 radical (unpaired) electrons. The lowest BCUT2D eigenvalue weighted by molar-refractivity contribution is 0.00188. The average molecular weight is 384 g/mol. The Kier molecular flexibility index (Phi) is 14.6. The number of rotatable bonds is 4. The van der Waals surface area contributed by atoms with Gasteiger partial charge in [-0.3, -0.25) is 23.5 Å². The van der Waals surface area contributed by atoms with E-state index < -0.39 is 28.3 Å². The number of hydrogen-bond donors (Lipinski definition) is 5. The van der Waals surface area contributed by atoms with Crippen molar-refractivity contribution < 1.29 is 18.9 Å². The number of ether oxygens (including phenoxy) is 1. The van der Waals surface area contributed by atoms with E-state index in [-0.39, 0.29) is 6.10 Å². The van der Waals surface area contributed by atoms with E-state index in [1.165, 1.54) is 23.1 Å². The quantitative estimate of drug-likeness (QED) is 0.534. The van der Waals surface area contributed by atoms with Gasteiger partial charge < -0.3 is 9.84 Å². The molecule has 2 unspecified atom stereocenters. The molecule has 1 fully saturated rings. The van der Waals surface area contributed by atoms with E-state index in [0.717, 1.165) is 7.11 Å². The van der Waals surface area contributed by atoms with Crippen molar-refractivity contribution in [3.05, 3.63) is 33.1 Å². The van der Waals surface area contributed by atoms with Gasteiger partial charge in [0.15, 0.2) is 0 Å². The van der Waals surface area contributed by atoms with E-state index in [0.29, 0.717) is 19.4 Å². The number of aromatic nitrogens is 2. The van der Waals surface area contributed by atoms with Crippen molar-refractivity contribution in [3.63, 3.8) is 0 Å². The molecular weight excluding hydrogens is 350 g/mol. The Morgan fingerprint density at radius 3 is 2.28 bits per heavy atom. The minimum absolute atomic E-state index is 0.199. The highest BCUT2D eigenvalue weighted by molar-refractivity contribution is 8.22. The number of nitrogens with zero attached hydrogens (tertiary/aromatic N) is 1. The SMILES string of the molecule is CC.CC.CO.CS(O)(O)NCC1CCC(n2ccc(=O)[nH]c2=O)O1. The average Bonchev–Trinajstić information content (AvgIpc) is 3.07. The Balaban J connectivity index is 0. The van der Waals surface area contributed by atoms with Crippen molar-refractivity contribution in [2.24, 2.45) is 0 Å². The van der Waals surface area contributed by atoms with Crippen LogP contribution in [-0.4, -0.2) is 49.8 Å². The summed E-state index contributed by atoms with van der Waals surface area (Å²) in [4.78, 5) is 24.7. The van der Waals surface area contributed by atoms with Gasteiger partial charge in [-0.1, -0.05) is 27.7 Å². The fraction of sp³-hybridized carbons (Fsp3) is 0.733. The van der Waals surface area contributed by atoms with Crippen molar-refractivity contribution in [1.29, 1.82) is 0 Å². The Hall–Kier alpha value is -1.17. The number of aromatic amines is 1. The predicted octanol–water partition coefficient (Wildman–Crippen LogP) is 1.76. The van der Waals surface area contributed by atoms with Crippen LogP contribution in [0, 0.1) is 0 Å². The molecule has 0 saturated carbocycles. The summed E-state index contributed by atoms with van der Waals surface area (Å²) in [5, 5.41) is 7.00. The first-order chi connectivity index (χ1) is 11.8. The van der Waals surface area contributed by atoms with Gasteiger partial charge in [-0.2, -0.15) is 0 Å². The van der Waals surface area contributed by atoms with Crippen LogP contribution >= 0.6 is 10.8 Å². The van der Waals surface area contributed by atoms with Gasteiger partial charge in [0, 0.05) is 32.2 Å². The van der Waals surface area contributed by atoms with E-state index in [4.69, 9.17) is 9.84 Å². The zero-order valence-electron chi connectivity index (χ0n) is 15.9. The first-order valence-corrected chi connectivity index (χ1v) is 10.2.